The van der Waals surface area contributed by atoms with E-state index in [-0.39, 0.29) is 17.7 Å². The average Bonchev–Trinajstić information content (AvgIpc) is 2.66. The van der Waals surface area contributed by atoms with E-state index in [0.29, 0.717) is 13.0 Å². The average molecular weight is 361 g/mol. The van der Waals surface area contributed by atoms with Gasteiger partial charge in [0.2, 0.25) is 11.8 Å². The van der Waals surface area contributed by atoms with E-state index < -0.39 is 6.04 Å². The molecule has 0 saturated heterocycles. The van der Waals surface area contributed by atoms with E-state index in [2.05, 4.69) is 29.7 Å². The summed E-state index contributed by atoms with van der Waals surface area (Å²) in [6.45, 7) is 6.83. The third kappa shape index (κ3) is 9.02. The maximum atomic E-state index is 12.6. The molecule has 26 heavy (non-hydrogen) atoms. The number of carbonyl (C=O) groups excluding carboxylic acids is 2. The van der Waals surface area contributed by atoms with Gasteiger partial charge in [0.25, 0.3) is 0 Å². The van der Waals surface area contributed by atoms with Gasteiger partial charge in [0.15, 0.2) is 0 Å². The third-order valence-electron chi connectivity index (χ3n) is 4.88. The van der Waals surface area contributed by atoms with Crippen LogP contribution in [-0.4, -0.2) is 24.4 Å². The molecule has 0 aliphatic carbocycles. The van der Waals surface area contributed by atoms with Crippen molar-refractivity contribution in [2.24, 2.45) is 5.92 Å². The van der Waals surface area contributed by atoms with Crippen molar-refractivity contribution >= 4 is 11.8 Å². The van der Waals surface area contributed by atoms with Crippen molar-refractivity contribution in [3.05, 3.63) is 35.9 Å². The SMILES string of the molecule is CCCCCCCC(=O)NC(C(=O)NCCc1ccccc1)C(C)CC. The van der Waals surface area contributed by atoms with Gasteiger partial charge in [-0.1, -0.05) is 83.2 Å². The fourth-order valence-electron chi connectivity index (χ4n) is 2.92. The summed E-state index contributed by atoms with van der Waals surface area (Å²) >= 11 is 0. The first-order chi connectivity index (χ1) is 12.6. The number of nitrogens with one attached hydrogen (secondary N) is 2. The molecule has 4 nitrogen and oxygen atoms in total. The summed E-state index contributed by atoms with van der Waals surface area (Å²) in [4.78, 5) is 24.8. The molecule has 0 aliphatic rings. The zero-order valence-corrected chi connectivity index (χ0v) is 16.7. The molecule has 2 N–H and O–H groups in total. The zero-order valence-electron chi connectivity index (χ0n) is 16.7. The van der Waals surface area contributed by atoms with Crippen LogP contribution >= 0.6 is 0 Å². The number of hydrogen-bond donors (Lipinski definition) is 2. The first-order valence-electron chi connectivity index (χ1n) is 10.2. The lowest BCUT2D eigenvalue weighted by molar-refractivity contribution is -0.130. The Morgan fingerprint density at radius 1 is 1.00 bits per heavy atom. The molecular weight excluding hydrogens is 324 g/mol. The molecule has 0 fully saturated rings. The summed E-state index contributed by atoms with van der Waals surface area (Å²) < 4.78 is 0. The number of unbranched alkanes of at least 4 members (excludes halogenated alkanes) is 4. The van der Waals surface area contributed by atoms with E-state index in [4.69, 9.17) is 0 Å². The van der Waals surface area contributed by atoms with Crippen LogP contribution in [0, 0.1) is 5.92 Å². The molecule has 1 aromatic carbocycles. The van der Waals surface area contributed by atoms with Crippen LogP contribution in [-0.2, 0) is 16.0 Å². The summed E-state index contributed by atoms with van der Waals surface area (Å²) in [5.41, 5.74) is 1.20. The Hall–Kier alpha value is -1.84. The minimum Gasteiger partial charge on any atom is -0.354 e. The Kier molecular flexibility index (Phi) is 11.4. The number of amides is 2. The molecular formula is C22H36N2O2. The molecule has 0 aromatic heterocycles. The second-order valence-electron chi connectivity index (χ2n) is 7.12. The highest BCUT2D eigenvalue weighted by Gasteiger charge is 2.25. The van der Waals surface area contributed by atoms with Crippen LogP contribution in [0.5, 0.6) is 0 Å². The van der Waals surface area contributed by atoms with Crippen LogP contribution in [0.2, 0.25) is 0 Å². The smallest absolute Gasteiger partial charge is 0.242 e. The van der Waals surface area contributed by atoms with Gasteiger partial charge in [-0.15, -0.1) is 0 Å². The quantitative estimate of drug-likeness (QED) is 0.517. The molecule has 2 unspecified atom stereocenters. The van der Waals surface area contributed by atoms with Crippen molar-refractivity contribution < 1.29 is 9.59 Å². The summed E-state index contributed by atoms with van der Waals surface area (Å²) in [5, 5.41) is 5.94. The largest absolute Gasteiger partial charge is 0.354 e. The summed E-state index contributed by atoms with van der Waals surface area (Å²) in [6.07, 6.45) is 7.74. The molecule has 1 aromatic rings. The third-order valence-corrected chi connectivity index (χ3v) is 4.88. The first kappa shape index (κ1) is 22.2. The second-order valence-corrected chi connectivity index (χ2v) is 7.12. The predicted molar refractivity (Wildman–Crippen MR) is 108 cm³/mol. The van der Waals surface area contributed by atoms with E-state index in [1.165, 1.54) is 24.8 Å². The van der Waals surface area contributed by atoms with Crippen molar-refractivity contribution in [2.45, 2.75) is 78.2 Å². The maximum Gasteiger partial charge on any atom is 0.242 e. The lowest BCUT2D eigenvalue weighted by Crippen LogP contribution is -2.50. The zero-order chi connectivity index (χ0) is 19.2. The standard InChI is InChI=1S/C22H36N2O2/c1-4-6-7-8-12-15-20(25)24-21(18(3)5-2)22(26)23-17-16-19-13-10-9-11-14-19/h9-11,13-14,18,21H,4-8,12,15-17H2,1-3H3,(H,23,26)(H,24,25). The molecule has 0 saturated carbocycles. The van der Waals surface area contributed by atoms with Gasteiger partial charge in [-0.25, -0.2) is 0 Å². The Morgan fingerprint density at radius 3 is 2.35 bits per heavy atom. The van der Waals surface area contributed by atoms with Crippen molar-refractivity contribution in [1.82, 2.24) is 10.6 Å². The summed E-state index contributed by atoms with van der Waals surface area (Å²) in [5.74, 6) is 0.0374. The van der Waals surface area contributed by atoms with Crippen molar-refractivity contribution in [3.63, 3.8) is 0 Å². The van der Waals surface area contributed by atoms with Gasteiger partial charge < -0.3 is 10.6 Å². The number of hydrogen-bond acceptors (Lipinski definition) is 2. The molecule has 4 heteroatoms. The van der Waals surface area contributed by atoms with Crippen molar-refractivity contribution in [3.8, 4) is 0 Å². The molecule has 0 spiro atoms. The number of benzene rings is 1. The minimum absolute atomic E-state index is 0.00925. The lowest BCUT2D eigenvalue weighted by Gasteiger charge is -2.23. The van der Waals surface area contributed by atoms with Crippen LogP contribution in [0.1, 0.15) is 71.3 Å². The van der Waals surface area contributed by atoms with Crippen LogP contribution in [0.4, 0.5) is 0 Å². The van der Waals surface area contributed by atoms with E-state index in [1.807, 2.05) is 32.0 Å². The maximum absolute atomic E-state index is 12.6. The van der Waals surface area contributed by atoms with Gasteiger partial charge in [0.1, 0.15) is 6.04 Å². The Bertz CT molecular complexity index is 516. The highest BCUT2D eigenvalue weighted by atomic mass is 16.2. The fraction of sp³-hybridized carbons (Fsp3) is 0.636. The first-order valence-corrected chi connectivity index (χ1v) is 10.2. The lowest BCUT2D eigenvalue weighted by atomic mass is 9.97. The highest BCUT2D eigenvalue weighted by Crippen LogP contribution is 2.10. The van der Waals surface area contributed by atoms with E-state index in [9.17, 15) is 9.59 Å². The van der Waals surface area contributed by atoms with Crippen molar-refractivity contribution in [1.29, 1.82) is 0 Å². The topological polar surface area (TPSA) is 58.2 Å². The number of carbonyl (C=O) groups is 2. The van der Waals surface area contributed by atoms with E-state index >= 15 is 0 Å². The fourth-order valence-corrected chi connectivity index (χ4v) is 2.92. The van der Waals surface area contributed by atoms with Gasteiger partial charge in [-0.05, 0) is 24.3 Å². The second kappa shape index (κ2) is 13.4. The van der Waals surface area contributed by atoms with Gasteiger partial charge in [-0.2, -0.15) is 0 Å². The minimum atomic E-state index is -0.445. The van der Waals surface area contributed by atoms with Gasteiger partial charge >= 0.3 is 0 Å². The molecule has 2 atom stereocenters. The van der Waals surface area contributed by atoms with E-state index in [1.54, 1.807) is 0 Å². The van der Waals surface area contributed by atoms with Gasteiger partial charge in [-0.3, -0.25) is 9.59 Å². The molecule has 0 radical (unpaired) electrons. The summed E-state index contributed by atoms with van der Waals surface area (Å²) in [6, 6.07) is 9.65. The molecule has 0 heterocycles. The van der Waals surface area contributed by atoms with Gasteiger partial charge in [0.05, 0.1) is 0 Å². The normalized spacial score (nSPS) is 13.0. The van der Waals surface area contributed by atoms with Crippen molar-refractivity contribution in [2.75, 3.05) is 6.54 Å². The van der Waals surface area contributed by atoms with Crippen LogP contribution < -0.4 is 10.6 Å². The molecule has 146 valence electrons. The molecule has 1 rings (SSSR count). The van der Waals surface area contributed by atoms with Crippen LogP contribution in [0.3, 0.4) is 0 Å². The molecule has 2 amide bonds. The Balaban J connectivity index is 2.41. The Labute approximate surface area is 159 Å². The summed E-state index contributed by atoms with van der Waals surface area (Å²) in [7, 11) is 0. The Morgan fingerprint density at radius 2 is 1.69 bits per heavy atom. The highest BCUT2D eigenvalue weighted by molar-refractivity contribution is 5.87. The monoisotopic (exact) mass is 360 g/mol. The number of rotatable bonds is 13. The molecule has 0 bridgehead atoms. The van der Waals surface area contributed by atoms with Crippen LogP contribution in [0.15, 0.2) is 30.3 Å². The van der Waals surface area contributed by atoms with Crippen LogP contribution in [0.25, 0.3) is 0 Å². The predicted octanol–water partition coefficient (Wildman–Crippen LogP) is 4.24. The van der Waals surface area contributed by atoms with E-state index in [0.717, 1.165) is 25.7 Å². The molecule has 0 aliphatic heterocycles. The van der Waals surface area contributed by atoms with Gasteiger partial charge in [0, 0.05) is 13.0 Å².